The molecule has 7 nitrogen and oxygen atoms in total. The van der Waals surface area contributed by atoms with Crippen LogP contribution in [-0.2, 0) is 17.8 Å². The van der Waals surface area contributed by atoms with Crippen molar-refractivity contribution in [2.24, 2.45) is 0 Å². The van der Waals surface area contributed by atoms with Crippen molar-refractivity contribution in [1.29, 1.82) is 0 Å². The molecule has 0 saturated carbocycles. The lowest BCUT2D eigenvalue weighted by Crippen LogP contribution is -2.45. The van der Waals surface area contributed by atoms with E-state index in [1.165, 1.54) is 16.9 Å². The van der Waals surface area contributed by atoms with Crippen molar-refractivity contribution in [2.45, 2.75) is 39.4 Å². The summed E-state index contributed by atoms with van der Waals surface area (Å²) in [7, 11) is 1.64. The van der Waals surface area contributed by atoms with Gasteiger partial charge < -0.3 is 15.4 Å². The minimum absolute atomic E-state index is 0.0419. The third-order valence-electron chi connectivity index (χ3n) is 5.29. The lowest BCUT2D eigenvalue weighted by molar-refractivity contribution is 0.0910. The number of anilines is 1. The van der Waals surface area contributed by atoms with E-state index in [4.69, 9.17) is 9.72 Å². The van der Waals surface area contributed by atoms with Gasteiger partial charge in [-0.3, -0.25) is 14.6 Å². The van der Waals surface area contributed by atoms with Crippen molar-refractivity contribution < 1.29 is 9.53 Å². The second-order valence-electron chi connectivity index (χ2n) is 8.08. The lowest BCUT2D eigenvalue weighted by atomic mass is 10.2. The number of aromatic nitrogens is 1. The van der Waals surface area contributed by atoms with Crippen LogP contribution in [0, 0.1) is 0 Å². The van der Waals surface area contributed by atoms with Gasteiger partial charge in [0.1, 0.15) is 15.7 Å². The molecule has 1 saturated heterocycles. The van der Waals surface area contributed by atoms with Gasteiger partial charge in [-0.15, -0.1) is 11.3 Å². The molecule has 2 N–H and O–H groups in total. The quantitative estimate of drug-likeness (QED) is 0.554. The maximum Gasteiger partial charge on any atom is 0.265 e. The molecular formula is C23H35N5O2S. The molecule has 1 aliphatic rings. The molecule has 2 heterocycles. The molecule has 1 aromatic carbocycles. The predicted molar refractivity (Wildman–Crippen MR) is 127 cm³/mol. The summed E-state index contributed by atoms with van der Waals surface area (Å²) >= 11 is 1.49. The number of hydrogen-bond acceptors (Lipinski definition) is 7. The van der Waals surface area contributed by atoms with Crippen LogP contribution in [0.3, 0.4) is 0 Å². The molecule has 1 unspecified atom stereocenters. The highest BCUT2D eigenvalue weighted by atomic mass is 32.1. The molecule has 3 rings (SSSR count). The van der Waals surface area contributed by atoms with Gasteiger partial charge in [0.2, 0.25) is 0 Å². The number of nitrogens with zero attached hydrogens (tertiary/aromatic N) is 3. The fraction of sp³-hybridized carbons (Fsp3) is 0.565. The summed E-state index contributed by atoms with van der Waals surface area (Å²) in [5.41, 5.74) is 1.36. The summed E-state index contributed by atoms with van der Waals surface area (Å²) in [4.78, 5) is 23.1. The number of amides is 1. The zero-order chi connectivity index (χ0) is 22.1. The highest BCUT2D eigenvalue weighted by Crippen LogP contribution is 2.25. The molecule has 170 valence electrons. The van der Waals surface area contributed by atoms with E-state index in [1.807, 2.05) is 6.92 Å². The molecule has 0 bridgehead atoms. The third-order valence-corrected chi connectivity index (χ3v) is 6.33. The Morgan fingerprint density at radius 2 is 1.84 bits per heavy atom. The Kier molecular flexibility index (Phi) is 9.27. The summed E-state index contributed by atoms with van der Waals surface area (Å²) in [5, 5.41) is 7.31. The Hall–Kier alpha value is -2.00. The van der Waals surface area contributed by atoms with Crippen molar-refractivity contribution in [3.8, 4) is 0 Å². The van der Waals surface area contributed by atoms with Crippen molar-refractivity contribution in [2.75, 3.05) is 51.8 Å². The number of carbonyl (C=O) groups is 1. The molecule has 0 aliphatic carbocycles. The van der Waals surface area contributed by atoms with Crippen molar-refractivity contribution in [1.82, 2.24) is 20.1 Å². The summed E-state index contributed by atoms with van der Waals surface area (Å²) in [6.45, 7) is 11.2. The Morgan fingerprint density at radius 3 is 2.48 bits per heavy atom. The highest BCUT2D eigenvalue weighted by molar-refractivity contribution is 7.14. The lowest BCUT2D eigenvalue weighted by Gasteiger charge is -2.34. The van der Waals surface area contributed by atoms with Gasteiger partial charge in [-0.1, -0.05) is 37.3 Å². The molecule has 1 amide bonds. The van der Waals surface area contributed by atoms with E-state index in [0.717, 1.165) is 57.2 Å². The second kappa shape index (κ2) is 12.1. The number of nitrogens with one attached hydrogen (secondary N) is 2. The van der Waals surface area contributed by atoms with Crippen LogP contribution in [0.5, 0.6) is 0 Å². The van der Waals surface area contributed by atoms with Gasteiger partial charge in [0.25, 0.3) is 5.91 Å². The molecule has 1 fully saturated rings. The Morgan fingerprint density at radius 1 is 1.16 bits per heavy atom. The van der Waals surface area contributed by atoms with Gasteiger partial charge in [-0.05, 0) is 18.9 Å². The van der Waals surface area contributed by atoms with Gasteiger partial charge >= 0.3 is 0 Å². The first-order valence-corrected chi connectivity index (χ1v) is 11.9. The minimum atomic E-state index is -0.0837. The largest absolute Gasteiger partial charge is 0.383 e. The van der Waals surface area contributed by atoms with Crippen LogP contribution >= 0.6 is 11.3 Å². The van der Waals surface area contributed by atoms with Gasteiger partial charge in [-0.2, -0.15) is 0 Å². The maximum absolute atomic E-state index is 12.8. The van der Waals surface area contributed by atoms with Crippen molar-refractivity contribution in [3.63, 3.8) is 0 Å². The Balaban J connectivity index is 1.57. The minimum Gasteiger partial charge on any atom is -0.383 e. The van der Waals surface area contributed by atoms with Gasteiger partial charge in [0.15, 0.2) is 0 Å². The monoisotopic (exact) mass is 445 g/mol. The molecule has 2 aromatic rings. The second-order valence-corrected chi connectivity index (χ2v) is 9.16. The molecule has 1 aliphatic heterocycles. The van der Waals surface area contributed by atoms with Gasteiger partial charge in [0, 0.05) is 52.4 Å². The normalized spacial score (nSPS) is 16.2. The number of rotatable bonds is 11. The van der Waals surface area contributed by atoms with Crippen LogP contribution < -0.4 is 10.6 Å². The zero-order valence-electron chi connectivity index (χ0n) is 18.9. The van der Waals surface area contributed by atoms with Gasteiger partial charge in [0.05, 0.1) is 13.2 Å². The van der Waals surface area contributed by atoms with Crippen LogP contribution in [0.2, 0.25) is 0 Å². The SMILES string of the molecule is CCCNc1nc(CN2CCN(Cc3ccccc3)CC2)sc1C(=O)NC(C)COC. The van der Waals surface area contributed by atoms with E-state index in [9.17, 15) is 4.79 Å². The van der Waals surface area contributed by atoms with Crippen LogP contribution in [0.15, 0.2) is 30.3 Å². The third kappa shape index (κ3) is 7.28. The van der Waals surface area contributed by atoms with Crippen LogP contribution in [0.4, 0.5) is 5.82 Å². The predicted octanol–water partition coefficient (Wildman–Crippen LogP) is 3.05. The first-order chi connectivity index (χ1) is 15.1. The summed E-state index contributed by atoms with van der Waals surface area (Å²) in [5.74, 6) is 0.617. The number of carbonyl (C=O) groups excluding carboxylic acids is 1. The number of methoxy groups -OCH3 is 1. The molecule has 0 spiro atoms. The summed E-state index contributed by atoms with van der Waals surface area (Å²) in [6.07, 6.45) is 0.984. The van der Waals surface area contributed by atoms with E-state index in [2.05, 4.69) is 57.7 Å². The fourth-order valence-corrected chi connectivity index (χ4v) is 4.65. The number of thiazole rings is 1. The zero-order valence-corrected chi connectivity index (χ0v) is 19.7. The van der Waals surface area contributed by atoms with E-state index < -0.39 is 0 Å². The maximum atomic E-state index is 12.8. The Labute approximate surface area is 189 Å². The molecule has 31 heavy (non-hydrogen) atoms. The van der Waals surface area contributed by atoms with Crippen LogP contribution in [0.1, 0.15) is 40.5 Å². The topological polar surface area (TPSA) is 69.7 Å². The van der Waals surface area contributed by atoms with E-state index in [0.29, 0.717) is 17.3 Å². The summed E-state index contributed by atoms with van der Waals surface area (Å²) < 4.78 is 5.13. The smallest absolute Gasteiger partial charge is 0.265 e. The number of piperazine rings is 1. The average molecular weight is 446 g/mol. The van der Waals surface area contributed by atoms with Gasteiger partial charge in [-0.25, -0.2) is 4.98 Å². The first-order valence-electron chi connectivity index (χ1n) is 11.1. The molecule has 1 aromatic heterocycles. The van der Waals surface area contributed by atoms with E-state index >= 15 is 0 Å². The standard InChI is InChI=1S/C23H35N5O2S/c1-4-10-24-22-21(23(29)25-18(2)17-30-3)31-20(26-22)16-28-13-11-27(12-14-28)15-19-8-6-5-7-9-19/h5-9,18,24H,4,10-17H2,1-3H3,(H,25,29). The van der Waals surface area contributed by atoms with E-state index in [1.54, 1.807) is 7.11 Å². The number of ether oxygens (including phenoxy) is 1. The summed E-state index contributed by atoms with van der Waals surface area (Å²) in [6, 6.07) is 10.6. The van der Waals surface area contributed by atoms with Crippen molar-refractivity contribution in [3.05, 3.63) is 45.8 Å². The Bertz CT molecular complexity index is 806. The highest BCUT2D eigenvalue weighted by Gasteiger charge is 2.22. The van der Waals surface area contributed by atoms with Crippen LogP contribution in [-0.4, -0.2) is 73.2 Å². The average Bonchev–Trinajstić information content (AvgIpc) is 3.17. The number of benzene rings is 1. The molecule has 8 heteroatoms. The fourth-order valence-electron chi connectivity index (χ4n) is 3.67. The first kappa shape index (κ1) is 23.7. The molecular weight excluding hydrogens is 410 g/mol. The number of hydrogen-bond donors (Lipinski definition) is 2. The van der Waals surface area contributed by atoms with E-state index in [-0.39, 0.29) is 11.9 Å². The van der Waals surface area contributed by atoms with Crippen molar-refractivity contribution >= 4 is 23.1 Å². The van der Waals surface area contributed by atoms with Crippen LogP contribution in [0.25, 0.3) is 0 Å². The molecule has 0 radical (unpaired) electrons. The molecule has 1 atom stereocenters.